The Hall–Kier alpha value is -3.40. The molecule has 2 atom stereocenters. The Bertz CT molecular complexity index is 1320. The van der Waals surface area contributed by atoms with Gasteiger partial charge in [-0.2, -0.15) is 0 Å². The molecule has 0 bridgehead atoms. The molecule has 0 radical (unpaired) electrons. The fraction of sp³-hybridized carbons (Fsp3) is 0.565. The average molecular weight is 683 g/mol. The summed E-state index contributed by atoms with van der Waals surface area (Å²) in [5.74, 6) is -1.50. The molecule has 3 rings (SSSR count). The van der Waals surface area contributed by atoms with E-state index in [0.717, 1.165) is 38.5 Å². The molecule has 0 saturated heterocycles. The number of hydrogen-bond donors (Lipinski definition) is 2. The lowest BCUT2D eigenvalue weighted by atomic mass is 9.53. The van der Waals surface area contributed by atoms with E-state index >= 15 is 0 Å². The van der Waals surface area contributed by atoms with Gasteiger partial charge in [-0.15, -0.1) is 0 Å². The van der Waals surface area contributed by atoms with Gasteiger partial charge in [0, 0.05) is 23.7 Å². The van der Waals surface area contributed by atoms with Gasteiger partial charge in [0.05, 0.1) is 0 Å². The number of rotatable bonds is 24. The minimum atomic E-state index is -0.752. The summed E-state index contributed by atoms with van der Waals surface area (Å²) < 4.78 is 0. The Labute approximate surface area is 304 Å². The molecule has 3 aromatic rings. The highest BCUT2D eigenvalue weighted by atomic mass is 16.4. The van der Waals surface area contributed by atoms with Crippen molar-refractivity contribution in [2.75, 3.05) is 0 Å². The van der Waals surface area contributed by atoms with E-state index in [2.05, 4.69) is 114 Å². The molecular formula is C46H66O4. The molecule has 3 aromatic carbocycles. The molecule has 2 N–H and O–H groups in total. The van der Waals surface area contributed by atoms with Crippen LogP contribution in [0.15, 0.2) is 84.9 Å². The Morgan fingerprint density at radius 2 is 0.760 bits per heavy atom. The Morgan fingerprint density at radius 1 is 0.440 bits per heavy atom. The molecule has 0 aliphatic rings. The first-order chi connectivity index (χ1) is 23.9. The van der Waals surface area contributed by atoms with Crippen molar-refractivity contribution in [2.24, 2.45) is 0 Å². The number of unbranched alkanes of at least 4 members (excludes halogenated alkanes) is 8. The first-order valence-electron chi connectivity index (χ1n) is 19.5. The highest BCUT2D eigenvalue weighted by molar-refractivity contribution is 5.67. The summed E-state index contributed by atoms with van der Waals surface area (Å²) >= 11 is 0. The topological polar surface area (TPSA) is 74.6 Å². The van der Waals surface area contributed by atoms with Crippen LogP contribution in [0.25, 0.3) is 0 Å². The van der Waals surface area contributed by atoms with Crippen LogP contribution in [-0.4, -0.2) is 22.2 Å². The third-order valence-corrected chi connectivity index (χ3v) is 12.3. The SMILES string of the molecule is CCCCCCCC(CCC(=O)O)(c1ccccc1)C(C)(C)c1ccc(C(C)(C)C(CCCCCCC)(CCC(=O)O)c2ccccc2)cc1. The van der Waals surface area contributed by atoms with E-state index < -0.39 is 11.9 Å². The van der Waals surface area contributed by atoms with Gasteiger partial charge < -0.3 is 10.2 Å². The van der Waals surface area contributed by atoms with Crippen molar-refractivity contribution >= 4 is 11.9 Å². The lowest BCUT2D eigenvalue weighted by Crippen LogP contribution is -2.47. The molecular weight excluding hydrogens is 617 g/mol. The van der Waals surface area contributed by atoms with Crippen LogP contribution in [0, 0.1) is 0 Å². The van der Waals surface area contributed by atoms with Gasteiger partial charge in [-0.25, -0.2) is 0 Å². The maximum Gasteiger partial charge on any atom is 0.303 e. The molecule has 50 heavy (non-hydrogen) atoms. The molecule has 0 spiro atoms. The second-order valence-corrected chi connectivity index (χ2v) is 15.8. The number of carbonyl (C=O) groups is 2. The zero-order valence-corrected chi connectivity index (χ0v) is 32.1. The Balaban J connectivity index is 2.12. The molecule has 0 aliphatic carbocycles. The van der Waals surface area contributed by atoms with Crippen LogP contribution < -0.4 is 0 Å². The predicted octanol–water partition coefficient (Wildman–Crippen LogP) is 12.6. The number of benzene rings is 3. The third kappa shape index (κ3) is 9.89. The molecule has 0 amide bonds. The van der Waals surface area contributed by atoms with Crippen molar-refractivity contribution < 1.29 is 19.8 Å². The van der Waals surface area contributed by atoms with Gasteiger partial charge in [0.15, 0.2) is 0 Å². The largest absolute Gasteiger partial charge is 0.481 e. The van der Waals surface area contributed by atoms with Crippen molar-refractivity contribution in [3.8, 4) is 0 Å². The summed E-state index contributed by atoms with van der Waals surface area (Å²) in [6.07, 6.45) is 14.9. The Morgan fingerprint density at radius 3 is 1.06 bits per heavy atom. The molecule has 4 nitrogen and oxygen atoms in total. The van der Waals surface area contributed by atoms with Gasteiger partial charge >= 0.3 is 11.9 Å². The number of aliphatic carboxylic acids is 2. The third-order valence-electron chi connectivity index (χ3n) is 12.3. The van der Waals surface area contributed by atoms with Crippen LogP contribution in [0.5, 0.6) is 0 Å². The van der Waals surface area contributed by atoms with Gasteiger partial charge in [-0.05, 0) is 58.8 Å². The molecule has 4 heteroatoms. The van der Waals surface area contributed by atoms with Crippen molar-refractivity contribution in [1.29, 1.82) is 0 Å². The standard InChI is InChI=1S/C46H66O4/c1-7-9-11-13-21-33-45(35-31-41(47)48,39-23-17-15-18-24-39)43(3,4)37-27-29-38(30-28-37)44(5,6)46(36-32-42(49)50,34-22-14-12-10-8-2)40-25-19-16-20-26-40/h15-20,23-30H,7-14,21-22,31-36H2,1-6H3,(H,47,48)(H,49,50). The summed E-state index contributed by atoms with van der Waals surface area (Å²) in [6.45, 7) is 13.7. The fourth-order valence-electron chi connectivity index (χ4n) is 8.87. The molecule has 0 heterocycles. The summed E-state index contributed by atoms with van der Waals surface area (Å²) in [6, 6.07) is 30.4. The van der Waals surface area contributed by atoms with Crippen LogP contribution in [0.2, 0.25) is 0 Å². The Kier molecular flexibility index (Phi) is 15.8. The maximum atomic E-state index is 12.1. The first kappa shape index (κ1) is 41.0. The van der Waals surface area contributed by atoms with Gasteiger partial charge in [0.25, 0.3) is 0 Å². The number of carboxylic acids is 2. The van der Waals surface area contributed by atoms with Crippen LogP contribution in [0.3, 0.4) is 0 Å². The van der Waals surface area contributed by atoms with Crippen LogP contribution >= 0.6 is 0 Å². The minimum Gasteiger partial charge on any atom is -0.481 e. The van der Waals surface area contributed by atoms with Crippen LogP contribution in [0.4, 0.5) is 0 Å². The predicted molar refractivity (Wildman–Crippen MR) is 209 cm³/mol. The summed E-state index contributed by atoms with van der Waals surface area (Å²) in [5, 5.41) is 19.9. The zero-order valence-electron chi connectivity index (χ0n) is 32.1. The fourth-order valence-corrected chi connectivity index (χ4v) is 8.87. The van der Waals surface area contributed by atoms with E-state index in [1.807, 2.05) is 12.1 Å². The van der Waals surface area contributed by atoms with Crippen molar-refractivity contribution in [3.63, 3.8) is 0 Å². The molecule has 0 aliphatic heterocycles. The average Bonchev–Trinajstić information content (AvgIpc) is 3.11. The van der Waals surface area contributed by atoms with E-state index in [0.29, 0.717) is 12.8 Å². The number of hydrogen-bond acceptors (Lipinski definition) is 2. The van der Waals surface area contributed by atoms with Crippen molar-refractivity contribution in [3.05, 3.63) is 107 Å². The van der Waals surface area contributed by atoms with E-state index in [1.54, 1.807) is 0 Å². The van der Waals surface area contributed by atoms with Gasteiger partial charge in [0.2, 0.25) is 0 Å². The first-order valence-corrected chi connectivity index (χ1v) is 19.5. The smallest absolute Gasteiger partial charge is 0.303 e. The zero-order chi connectivity index (χ0) is 36.7. The molecule has 0 saturated carbocycles. The molecule has 2 unspecified atom stereocenters. The van der Waals surface area contributed by atoms with E-state index in [1.165, 1.54) is 60.8 Å². The quantitative estimate of drug-likeness (QED) is 0.0922. The van der Waals surface area contributed by atoms with E-state index in [9.17, 15) is 19.8 Å². The van der Waals surface area contributed by atoms with E-state index in [-0.39, 0.29) is 34.5 Å². The summed E-state index contributed by atoms with van der Waals surface area (Å²) in [5.41, 5.74) is 3.42. The lowest BCUT2D eigenvalue weighted by Gasteiger charge is -2.50. The molecule has 0 aromatic heterocycles. The van der Waals surface area contributed by atoms with Gasteiger partial charge in [-0.3, -0.25) is 9.59 Å². The van der Waals surface area contributed by atoms with Crippen LogP contribution in [0.1, 0.15) is 167 Å². The minimum absolute atomic E-state index is 0.125. The van der Waals surface area contributed by atoms with Crippen molar-refractivity contribution in [1.82, 2.24) is 0 Å². The highest BCUT2D eigenvalue weighted by Crippen LogP contribution is 2.53. The second kappa shape index (κ2) is 19.3. The van der Waals surface area contributed by atoms with E-state index in [4.69, 9.17) is 0 Å². The van der Waals surface area contributed by atoms with Gasteiger partial charge in [0.1, 0.15) is 0 Å². The second-order valence-electron chi connectivity index (χ2n) is 15.8. The number of carboxylic acid groups (broad SMARTS) is 2. The van der Waals surface area contributed by atoms with Crippen LogP contribution in [-0.2, 0) is 31.2 Å². The lowest BCUT2D eigenvalue weighted by molar-refractivity contribution is -0.138. The van der Waals surface area contributed by atoms with Crippen molar-refractivity contribution in [2.45, 2.75) is 166 Å². The monoisotopic (exact) mass is 682 g/mol. The van der Waals surface area contributed by atoms with Gasteiger partial charge in [-0.1, -0.05) is 191 Å². The molecule has 274 valence electrons. The summed E-state index contributed by atoms with van der Waals surface area (Å²) in [7, 11) is 0. The summed E-state index contributed by atoms with van der Waals surface area (Å²) in [4.78, 5) is 24.2. The molecule has 0 fully saturated rings. The normalized spacial score (nSPS) is 14.5. The maximum absolute atomic E-state index is 12.1. The highest BCUT2D eigenvalue weighted by Gasteiger charge is 2.49.